The van der Waals surface area contributed by atoms with Crippen LogP contribution in [0.3, 0.4) is 0 Å². The molecule has 1 aliphatic carbocycles. The number of aliphatic carboxylic acids is 1. The summed E-state index contributed by atoms with van der Waals surface area (Å²) in [5, 5.41) is 21.7. The number of hydrogen-bond acceptors (Lipinski definition) is 5. The number of nitrogens with one attached hydrogen (secondary N) is 3. The number of hydrogen-bond donors (Lipinski definition) is 5. The lowest BCUT2D eigenvalue weighted by molar-refractivity contribution is -0.137. The number of aromatic nitrogens is 1. The molecule has 150 valence electrons. The number of carbonyl (C=O) groups is 3. The number of nitrogens with two attached hydrogens (primary N) is 1. The Labute approximate surface area is 166 Å². The number of pyridine rings is 1. The number of nitrogen functional groups attached to an aromatic ring is 1. The lowest BCUT2D eigenvalue weighted by Gasteiger charge is -2.09. The van der Waals surface area contributed by atoms with Gasteiger partial charge in [-0.1, -0.05) is 6.07 Å². The third kappa shape index (κ3) is 5.16. The molecule has 1 aliphatic rings. The van der Waals surface area contributed by atoms with Gasteiger partial charge in [-0.25, -0.2) is 4.98 Å². The number of amidine groups is 1. The second kappa shape index (κ2) is 8.51. The van der Waals surface area contributed by atoms with Crippen molar-refractivity contribution in [3.8, 4) is 0 Å². The molecule has 0 spiro atoms. The molecular weight excluding hydrogens is 374 g/mol. The largest absolute Gasteiger partial charge is 0.481 e. The normalized spacial score (nSPS) is 17.2. The quantitative estimate of drug-likeness (QED) is 0.337. The summed E-state index contributed by atoms with van der Waals surface area (Å²) >= 11 is 0. The number of aryl methyl sites for hydroxylation is 1. The predicted molar refractivity (Wildman–Crippen MR) is 107 cm³/mol. The maximum absolute atomic E-state index is 12.5. The molecule has 1 saturated carbocycles. The van der Waals surface area contributed by atoms with Gasteiger partial charge in [0.1, 0.15) is 11.7 Å². The molecule has 0 bridgehead atoms. The van der Waals surface area contributed by atoms with Gasteiger partial charge in [-0.3, -0.25) is 19.8 Å². The highest BCUT2D eigenvalue weighted by Crippen LogP contribution is 2.40. The summed E-state index contributed by atoms with van der Waals surface area (Å²) in [6.45, 7) is 0. The van der Waals surface area contributed by atoms with E-state index in [1.807, 2.05) is 0 Å². The highest BCUT2D eigenvalue weighted by molar-refractivity contribution is 6.03. The van der Waals surface area contributed by atoms with E-state index < -0.39 is 17.8 Å². The Morgan fingerprint density at radius 1 is 1.10 bits per heavy atom. The van der Waals surface area contributed by atoms with Crippen molar-refractivity contribution in [1.82, 2.24) is 4.98 Å². The van der Waals surface area contributed by atoms with Gasteiger partial charge in [0.25, 0.3) is 0 Å². The molecule has 29 heavy (non-hydrogen) atoms. The molecule has 2 amide bonds. The summed E-state index contributed by atoms with van der Waals surface area (Å²) < 4.78 is 0. The van der Waals surface area contributed by atoms with Crippen LogP contribution in [0.1, 0.15) is 24.0 Å². The van der Waals surface area contributed by atoms with Crippen LogP contribution in [0.15, 0.2) is 42.6 Å². The van der Waals surface area contributed by atoms with Gasteiger partial charge in [-0.05, 0) is 48.7 Å². The standard InChI is InChI=1S/C20H21N5O4/c21-17(22)11-3-6-13(7-4-11)24-19(28)14-10-15(14)20(29)25-18-12(2-1-9-23-18)5-8-16(26)27/h1-4,6-7,9,14-15H,5,8,10H2,(H3,21,22)(H,24,28)(H,26,27)(H,23,25,29). The van der Waals surface area contributed by atoms with Crippen molar-refractivity contribution in [1.29, 1.82) is 5.41 Å². The molecule has 3 rings (SSSR count). The van der Waals surface area contributed by atoms with Gasteiger partial charge in [-0.2, -0.15) is 0 Å². The molecule has 2 unspecified atom stereocenters. The summed E-state index contributed by atoms with van der Waals surface area (Å²) in [4.78, 5) is 39.7. The fraction of sp³-hybridized carbons (Fsp3) is 0.250. The minimum Gasteiger partial charge on any atom is -0.481 e. The van der Waals surface area contributed by atoms with Gasteiger partial charge in [-0.15, -0.1) is 0 Å². The summed E-state index contributed by atoms with van der Waals surface area (Å²) in [7, 11) is 0. The van der Waals surface area contributed by atoms with Crippen LogP contribution in [0.5, 0.6) is 0 Å². The second-order valence-electron chi connectivity index (χ2n) is 6.82. The maximum Gasteiger partial charge on any atom is 0.303 e. The lowest BCUT2D eigenvalue weighted by Crippen LogP contribution is -2.21. The number of carboxylic acids is 1. The Hall–Kier alpha value is -3.75. The second-order valence-corrected chi connectivity index (χ2v) is 6.82. The van der Waals surface area contributed by atoms with E-state index >= 15 is 0 Å². The molecule has 0 saturated heterocycles. The SMILES string of the molecule is N=C(N)c1ccc(NC(=O)C2CC2C(=O)Nc2ncccc2CCC(=O)O)cc1. The van der Waals surface area contributed by atoms with Crippen molar-refractivity contribution in [3.05, 3.63) is 53.7 Å². The summed E-state index contributed by atoms with van der Waals surface area (Å²) in [5.41, 5.74) is 7.15. The van der Waals surface area contributed by atoms with E-state index in [1.165, 1.54) is 6.20 Å². The molecule has 0 radical (unpaired) electrons. The number of carbonyl (C=O) groups excluding carboxylic acids is 2. The van der Waals surface area contributed by atoms with Crippen LogP contribution in [0.4, 0.5) is 11.5 Å². The first kappa shape index (κ1) is 20.0. The zero-order valence-corrected chi connectivity index (χ0v) is 15.5. The predicted octanol–water partition coefficient (Wildman–Crippen LogP) is 1.60. The van der Waals surface area contributed by atoms with E-state index in [4.69, 9.17) is 16.2 Å². The van der Waals surface area contributed by atoms with Crippen molar-refractivity contribution >= 4 is 35.1 Å². The molecule has 1 aromatic carbocycles. The monoisotopic (exact) mass is 395 g/mol. The lowest BCUT2D eigenvalue weighted by atomic mass is 10.1. The summed E-state index contributed by atoms with van der Waals surface area (Å²) in [6, 6.07) is 9.96. The molecule has 9 heteroatoms. The fourth-order valence-corrected chi connectivity index (χ4v) is 2.95. The van der Waals surface area contributed by atoms with Gasteiger partial charge < -0.3 is 21.5 Å². The van der Waals surface area contributed by atoms with E-state index in [0.717, 1.165) is 0 Å². The molecule has 0 aliphatic heterocycles. The topological polar surface area (TPSA) is 158 Å². The number of amides is 2. The smallest absolute Gasteiger partial charge is 0.303 e. The summed E-state index contributed by atoms with van der Waals surface area (Å²) in [6.07, 6.45) is 2.14. The van der Waals surface area contributed by atoms with Gasteiger partial charge >= 0.3 is 5.97 Å². The minimum absolute atomic E-state index is 0.0564. The van der Waals surface area contributed by atoms with Crippen LogP contribution in [-0.4, -0.2) is 33.7 Å². The third-order valence-corrected chi connectivity index (χ3v) is 4.67. The zero-order chi connectivity index (χ0) is 21.0. The molecule has 6 N–H and O–H groups in total. The van der Waals surface area contributed by atoms with Gasteiger partial charge in [0.2, 0.25) is 11.8 Å². The van der Waals surface area contributed by atoms with Crippen molar-refractivity contribution in [3.63, 3.8) is 0 Å². The Bertz CT molecular complexity index is 958. The number of carboxylic acid groups (broad SMARTS) is 1. The van der Waals surface area contributed by atoms with E-state index in [1.54, 1.807) is 36.4 Å². The van der Waals surface area contributed by atoms with E-state index in [2.05, 4.69) is 15.6 Å². The van der Waals surface area contributed by atoms with E-state index in [9.17, 15) is 14.4 Å². The van der Waals surface area contributed by atoms with Crippen molar-refractivity contribution < 1.29 is 19.5 Å². The Morgan fingerprint density at radius 3 is 2.38 bits per heavy atom. The summed E-state index contributed by atoms with van der Waals surface area (Å²) in [5.74, 6) is -2.13. The first-order valence-electron chi connectivity index (χ1n) is 9.07. The molecular formula is C20H21N5O4. The first-order chi connectivity index (χ1) is 13.8. The van der Waals surface area contributed by atoms with Crippen molar-refractivity contribution in [2.24, 2.45) is 17.6 Å². The zero-order valence-electron chi connectivity index (χ0n) is 15.5. The van der Waals surface area contributed by atoms with Crippen LogP contribution in [0.2, 0.25) is 0 Å². The van der Waals surface area contributed by atoms with Crippen molar-refractivity contribution in [2.45, 2.75) is 19.3 Å². The average molecular weight is 395 g/mol. The van der Waals surface area contributed by atoms with Crippen LogP contribution in [0.25, 0.3) is 0 Å². The average Bonchev–Trinajstić information content (AvgIpc) is 3.49. The Balaban J connectivity index is 1.56. The molecule has 1 fully saturated rings. The van der Waals surface area contributed by atoms with Crippen LogP contribution in [-0.2, 0) is 20.8 Å². The first-order valence-corrected chi connectivity index (χ1v) is 9.07. The molecule has 2 aromatic rings. The number of benzene rings is 1. The number of anilines is 2. The van der Waals surface area contributed by atoms with Crippen LogP contribution < -0.4 is 16.4 Å². The number of rotatable bonds is 8. The maximum atomic E-state index is 12.5. The molecule has 9 nitrogen and oxygen atoms in total. The Morgan fingerprint density at radius 2 is 1.76 bits per heavy atom. The molecule has 1 aromatic heterocycles. The van der Waals surface area contributed by atoms with Gasteiger partial charge in [0.05, 0.1) is 11.8 Å². The third-order valence-electron chi connectivity index (χ3n) is 4.67. The van der Waals surface area contributed by atoms with Crippen LogP contribution >= 0.6 is 0 Å². The van der Waals surface area contributed by atoms with Gasteiger partial charge in [0.15, 0.2) is 0 Å². The van der Waals surface area contributed by atoms with Gasteiger partial charge in [0, 0.05) is 23.9 Å². The van der Waals surface area contributed by atoms with Crippen LogP contribution in [0, 0.1) is 17.2 Å². The highest BCUT2D eigenvalue weighted by atomic mass is 16.4. The highest BCUT2D eigenvalue weighted by Gasteiger charge is 2.48. The van der Waals surface area contributed by atoms with E-state index in [-0.39, 0.29) is 30.5 Å². The fourth-order valence-electron chi connectivity index (χ4n) is 2.95. The minimum atomic E-state index is -0.929. The molecule has 1 heterocycles. The number of nitrogens with zero attached hydrogens (tertiary/aromatic N) is 1. The van der Waals surface area contributed by atoms with Crippen molar-refractivity contribution in [2.75, 3.05) is 10.6 Å². The molecule has 2 atom stereocenters. The Kier molecular flexibility index (Phi) is 5.87. The van der Waals surface area contributed by atoms with E-state index in [0.29, 0.717) is 29.1 Å².